The van der Waals surface area contributed by atoms with Crippen molar-refractivity contribution < 1.29 is 19.1 Å². The Labute approximate surface area is 282 Å². The van der Waals surface area contributed by atoms with Crippen LogP contribution >= 0.6 is 23.5 Å². The van der Waals surface area contributed by atoms with Crippen molar-refractivity contribution in [1.82, 2.24) is 0 Å². The number of carbonyl (C=O) groups is 2. The highest BCUT2D eigenvalue weighted by Crippen LogP contribution is 2.41. The Morgan fingerprint density at radius 3 is 1.41 bits per heavy atom. The van der Waals surface area contributed by atoms with Gasteiger partial charge in [-0.05, 0) is 78.9 Å². The van der Waals surface area contributed by atoms with Gasteiger partial charge >= 0.3 is 0 Å². The summed E-state index contributed by atoms with van der Waals surface area (Å²) in [7, 11) is 0. The Balaban J connectivity index is 1.30. The minimum Gasteiger partial charge on any atom is -0.493 e. The molecule has 0 saturated carbocycles. The molecule has 4 aromatic rings. The van der Waals surface area contributed by atoms with E-state index in [0.29, 0.717) is 40.7 Å². The first kappa shape index (κ1) is 33.9. The van der Waals surface area contributed by atoms with Gasteiger partial charge in [-0.25, -0.2) is 0 Å². The van der Waals surface area contributed by atoms with Crippen molar-refractivity contribution in [2.75, 3.05) is 13.2 Å². The third-order valence-electron chi connectivity index (χ3n) is 8.77. The summed E-state index contributed by atoms with van der Waals surface area (Å²) >= 11 is 3.00. The molecule has 1 atom stereocenters. The van der Waals surface area contributed by atoms with Crippen LogP contribution in [0.3, 0.4) is 0 Å². The molecule has 1 aliphatic carbocycles. The average Bonchev–Trinajstić information content (AvgIpc) is 3.09. The summed E-state index contributed by atoms with van der Waals surface area (Å²) in [5.41, 5.74) is 1.87. The fourth-order valence-corrected chi connectivity index (χ4v) is 7.62. The van der Waals surface area contributed by atoms with E-state index in [1.165, 1.54) is 42.8 Å². The fraction of sp³-hybridized carbons (Fsp3) is 0.350. The van der Waals surface area contributed by atoms with Gasteiger partial charge in [0.05, 0.1) is 13.2 Å². The zero-order chi connectivity index (χ0) is 32.5. The maximum Gasteiger partial charge on any atom is 0.195 e. The SMILES string of the molecule is CCCCC(CC)COc1ccc(Sc2cccc3c2C(=O)c2cccc(Sc4ccc(OCC(CC)CC)cc4)c2C3=O)cc1. The number of hydrogen-bond donors (Lipinski definition) is 0. The number of hydrogen-bond acceptors (Lipinski definition) is 6. The molecule has 0 N–H and O–H groups in total. The van der Waals surface area contributed by atoms with Crippen LogP contribution < -0.4 is 9.47 Å². The Hall–Kier alpha value is -3.48. The molecule has 6 heteroatoms. The quantitative estimate of drug-likeness (QED) is 0.106. The second-order valence-electron chi connectivity index (χ2n) is 11.9. The third kappa shape index (κ3) is 8.08. The highest BCUT2D eigenvalue weighted by Gasteiger charge is 2.33. The van der Waals surface area contributed by atoms with E-state index in [4.69, 9.17) is 9.47 Å². The monoisotopic (exact) mass is 652 g/mol. The Bertz CT molecular complexity index is 1620. The van der Waals surface area contributed by atoms with Crippen molar-refractivity contribution in [2.24, 2.45) is 11.8 Å². The standard InChI is InChI=1S/C40H44O4S2/c1-5-9-12-28(8-4)26-44-30-19-23-32(24-20-30)46-36-16-11-14-34-38(36)40(42)33-13-10-15-35(37(33)39(34)41)45-31-21-17-29(18-22-31)43-25-27(6-2)7-3/h10-11,13-24,27-28H,5-9,12,25-26H2,1-4H3. The largest absolute Gasteiger partial charge is 0.493 e. The van der Waals surface area contributed by atoms with E-state index in [1.54, 1.807) is 12.1 Å². The lowest BCUT2D eigenvalue weighted by Gasteiger charge is -2.22. The van der Waals surface area contributed by atoms with Crippen LogP contribution in [0.25, 0.3) is 0 Å². The van der Waals surface area contributed by atoms with Crippen LogP contribution in [-0.2, 0) is 0 Å². The molecule has 4 nitrogen and oxygen atoms in total. The summed E-state index contributed by atoms with van der Waals surface area (Å²) in [6.45, 7) is 10.3. The van der Waals surface area contributed by atoms with Crippen LogP contribution in [0.1, 0.15) is 98.1 Å². The van der Waals surface area contributed by atoms with Gasteiger partial charge in [-0.3, -0.25) is 9.59 Å². The molecule has 0 saturated heterocycles. The van der Waals surface area contributed by atoms with Gasteiger partial charge in [0, 0.05) is 41.8 Å². The van der Waals surface area contributed by atoms with Gasteiger partial charge in [0.2, 0.25) is 0 Å². The molecule has 1 unspecified atom stereocenters. The highest BCUT2D eigenvalue weighted by molar-refractivity contribution is 7.99. The van der Waals surface area contributed by atoms with Gasteiger partial charge in [-0.15, -0.1) is 0 Å². The molecule has 0 fully saturated rings. The molecule has 240 valence electrons. The molecule has 1 aliphatic rings. The Kier molecular flexibility index (Phi) is 12.1. The number of rotatable bonds is 16. The number of unbranched alkanes of at least 4 members (excludes halogenated alkanes) is 1. The van der Waals surface area contributed by atoms with Gasteiger partial charge in [0.1, 0.15) is 11.5 Å². The third-order valence-corrected chi connectivity index (χ3v) is 10.9. The van der Waals surface area contributed by atoms with E-state index in [0.717, 1.165) is 57.0 Å². The molecule has 0 radical (unpaired) electrons. The molecule has 4 aromatic carbocycles. The normalized spacial score (nSPS) is 13.0. The van der Waals surface area contributed by atoms with Crippen LogP contribution in [0.4, 0.5) is 0 Å². The number of ketones is 2. The van der Waals surface area contributed by atoms with Crippen molar-refractivity contribution in [1.29, 1.82) is 0 Å². The predicted octanol–water partition coefficient (Wildman–Crippen LogP) is 11.2. The molecule has 0 aliphatic heterocycles. The summed E-state index contributed by atoms with van der Waals surface area (Å²) in [5, 5.41) is 0. The molecule has 0 heterocycles. The van der Waals surface area contributed by atoms with E-state index < -0.39 is 0 Å². The van der Waals surface area contributed by atoms with E-state index in [1.807, 2.05) is 72.8 Å². The molecule has 0 spiro atoms. The molecule has 0 aromatic heterocycles. The van der Waals surface area contributed by atoms with Crippen LogP contribution in [0.2, 0.25) is 0 Å². The molecular formula is C40H44O4S2. The predicted molar refractivity (Wildman–Crippen MR) is 189 cm³/mol. The number of ether oxygens (including phenoxy) is 2. The molecule has 46 heavy (non-hydrogen) atoms. The smallest absolute Gasteiger partial charge is 0.195 e. The lowest BCUT2D eigenvalue weighted by atomic mass is 9.84. The maximum absolute atomic E-state index is 14.0. The van der Waals surface area contributed by atoms with Crippen molar-refractivity contribution >= 4 is 35.1 Å². The minimum absolute atomic E-state index is 0.113. The summed E-state index contributed by atoms with van der Waals surface area (Å²) in [5.74, 6) is 2.58. The van der Waals surface area contributed by atoms with E-state index >= 15 is 0 Å². The second-order valence-corrected chi connectivity index (χ2v) is 14.1. The van der Waals surface area contributed by atoms with E-state index in [2.05, 4.69) is 27.7 Å². The topological polar surface area (TPSA) is 52.6 Å². The molecular weight excluding hydrogens is 609 g/mol. The zero-order valence-electron chi connectivity index (χ0n) is 27.3. The lowest BCUT2D eigenvalue weighted by Crippen LogP contribution is -2.22. The van der Waals surface area contributed by atoms with Crippen molar-refractivity contribution in [3.63, 3.8) is 0 Å². The first-order valence-corrected chi connectivity index (χ1v) is 18.3. The van der Waals surface area contributed by atoms with Crippen molar-refractivity contribution in [2.45, 2.75) is 85.8 Å². The molecule has 0 bridgehead atoms. The van der Waals surface area contributed by atoms with Crippen LogP contribution in [0, 0.1) is 11.8 Å². The van der Waals surface area contributed by atoms with Gasteiger partial charge < -0.3 is 9.47 Å². The van der Waals surface area contributed by atoms with Crippen molar-refractivity contribution in [3.8, 4) is 11.5 Å². The summed E-state index contributed by atoms with van der Waals surface area (Å²) in [4.78, 5) is 31.5. The summed E-state index contributed by atoms with van der Waals surface area (Å²) in [6.07, 6.45) is 6.94. The molecule has 0 amide bonds. The fourth-order valence-electron chi connectivity index (χ4n) is 5.66. The van der Waals surface area contributed by atoms with Gasteiger partial charge in [-0.1, -0.05) is 108 Å². The number of carbonyl (C=O) groups excluding carboxylic acids is 2. The average molecular weight is 653 g/mol. The van der Waals surface area contributed by atoms with E-state index in [9.17, 15) is 9.59 Å². The van der Waals surface area contributed by atoms with Crippen LogP contribution in [-0.4, -0.2) is 24.8 Å². The van der Waals surface area contributed by atoms with Crippen molar-refractivity contribution in [3.05, 3.63) is 107 Å². The summed E-state index contributed by atoms with van der Waals surface area (Å²) < 4.78 is 12.1. The maximum atomic E-state index is 14.0. The van der Waals surface area contributed by atoms with Gasteiger partial charge in [0.15, 0.2) is 11.6 Å². The van der Waals surface area contributed by atoms with Crippen LogP contribution in [0.5, 0.6) is 11.5 Å². The number of benzene rings is 4. The highest BCUT2D eigenvalue weighted by atomic mass is 32.2. The van der Waals surface area contributed by atoms with Gasteiger partial charge in [-0.2, -0.15) is 0 Å². The Morgan fingerprint density at radius 2 is 1.00 bits per heavy atom. The minimum atomic E-state index is -0.113. The Morgan fingerprint density at radius 1 is 0.565 bits per heavy atom. The molecule has 5 rings (SSSR count). The second kappa shape index (κ2) is 16.4. The summed E-state index contributed by atoms with van der Waals surface area (Å²) in [6, 6.07) is 27.1. The van der Waals surface area contributed by atoms with E-state index in [-0.39, 0.29) is 11.6 Å². The van der Waals surface area contributed by atoms with Gasteiger partial charge in [0.25, 0.3) is 0 Å². The zero-order valence-corrected chi connectivity index (χ0v) is 29.0. The number of fused-ring (bicyclic) bond motifs is 2. The van der Waals surface area contributed by atoms with Crippen LogP contribution in [0.15, 0.2) is 105 Å². The lowest BCUT2D eigenvalue weighted by molar-refractivity contribution is 0.0974. The first-order chi connectivity index (χ1) is 22.4. The first-order valence-electron chi connectivity index (χ1n) is 16.6.